The highest BCUT2D eigenvalue weighted by Crippen LogP contribution is 2.39. The summed E-state index contributed by atoms with van der Waals surface area (Å²) in [5, 5.41) is 12.0. The largest absolute Gasteiger partial charge is 0.494 e. The second kappa shape index (κ2) is 9.56. The van der Waals surface area contributed by atoms with Crippen molar-refractivity contribution in [2.45, 2.75) is 33.5 Å². The van der Waals surface area contributed by atoms with Crippen LogP contribution in [-0.2, 0) is 11.0 Å². The normalized spacial score (nSPS) is 12.8. The molecule has 1 unspecified atom stereocenters. The highest BCUT2D eigenvalue weighted by Gasteiger charge is 2.33. The molecule has 30 heavy (non-hydrogen) atoms. The Morgan fingerprint density at radius 1 is 0.933 bits per heavy atom. The highest BCUT2D eigenvalue weighted by atomic mass is 28.3. The molecule has 0 heterocycles. The average molecular weight is 425 g/mol. The van der Waals surface area contributed by atoms with E-state index in [2.05, 4.69) is 45.0 Å². The van der Waals surface area contributed by atoms with Gasteiger partial charge < -0.3 is 14.3 Å². The van der Waals surface area contributed by atoms with E-state index in [4.69, 9.17) is 9.16 Å². The van der Waals surface area contributed by atoms with Crippen LogP contribution < -0.4 is 15.1 Å². The van der Waals surface area contributed by atoms with Crippen LogP contribution in [0, 0.1) is 11.2 Å². The van der Waals surface area contributed by atoms with Gasteiger partial charge in [0.15, 0.2) is 11.6 Å². The Morgan fingerprint density at radius 3 is 1.90 bits per heavy atom. The van der Waals surface area contributed by atoms with Crippen LogP contribution in [0.2, 0.25) is 0 Å². The second-order valence-corrected chi connectivity index (χ2v) is 10.8. The summed E-state index contributed by atoms with van der Waals surface area (Å²) >= 11 is 0. The summed E-state index contributed by atoms with van der Waals surface area (Å²) in [4.78, 5) is 0. The maximum absolute atomic E-state index is 14.5. The van der Waals surface area contributed by atoms with E-state index in [1.165, 1.54) is 17.5 Å². The van der Waals surface area contributed by atoms with Gasteiger partial charge in [0.25, 0.3) is 0 Å². The van der Waals surface area contributed by atoms with Crippen LogP contribution in [0.25, 0.3) is 0 Å². The minimum atomic E-state index is -2.04. The summed E-state index contributed by atoms with van der Waals surface area (Å²) in [6.07, 6.45) is -0.311. The summed E-state index contributed by atoms with van der Waals surface area (Å²) in [6, 6.07) is 23.9. The Kier molecular flexibility index (Phi) is 7.08. The van der Waals surface area contributed by atoms with Crippen molar-refractivity contribution in [2.24, 2.45) is 5.41 Å². The third-order valence-corrected chi connectivity index (χ3v) is 7.62. The van der Waals surface area contributed by atoms with Crippen LogP contribution >= 0.6 is 0 Å². The summed E-state index contributed by atoms with van der Waals surface area (Å²) in [5.41, 5.74) is 0.749. The van der Waals surface area contributed by atoms with Crippen molar-refractivity contribution >= 4 is 19.4 Å². The predicted molar refractivity (Wildman–Crippen MR) is 121 cm³/mol. The molecule has 0 aliphatic heterocycles. The molecule has 5 heteroatoms. The molecule has 0 spiro atoms. The van der Waals surface area contributed by atoms with E-state index < -0.39 is 21.5 Å². The first-order valence-electron chi connectivity index (χ1n) is 10.1. The maximum atomic E-state index is 14.5. The van der Waals surface area contributed by atoms with E-state index in [-0.39, 0.29) is 22.8 Å². The lowest BCUT2D eigenvalue weighted by atomic mass is 9.84. The molecule has 0 aromatic heterocycles. The molecule has 3 nitrogen and oxygen atoms in total. The monoisotopic (exact) mass is 424 g/mol. The number of hydrogen-bond donors (Lipinski definition) is 1. The third kappa shape index (κ3) is 4.98. The lowest BCUT2D eigenvalue weighted by Gasteiger charge is -2.35. The number of halogens is 1. The lowest BCUT2D eigenvalue weighted by Crippen LogP contribution is -2.47. The van der Waals surface area contributed by atoms with Crippen molar-refractivity contribution in [1.29, 1.82) is 0 Å². The number of methoxy groups -OCH3 is 1. The molecule has 0 aliphatic rings. The van der Waals surface area contributed by atoms with E-state index >= 15 is 0 Å². The maximum Gasteiger partial charge on any atom is 0.240 e. The zero-order valence-electron chi connectivity index (χ0n) is 17.9. The van der Waals surface area contributed by atoms with Crippen molar-refractivity contribution < 1.29 is 18.7 Å². The van der Waals surface area contributed by atoms with Crippen LogP contribution in [0.15, 0.2) is 72.8 Å². The molecule has 0 fully saturated rings. The van der Waals surface area contributed by atoms with E-state index in [1.54, 1.807) is 12.1 Å². The van der Waals surface area contributed by atoms with E-state index in [9.17, 15) is 9.50 Å². The predicted octanol–water partition coefficient (Wildman–Crippen LogP) is 3.97. The smallest absolute Gasteiger partial charge is 0.240 e. The van der Waals surface area contributed by atoms with Crippen molar-refractivity contribution in [1.82, 2.24) is 0 Å². The fourth-order valence-corrected chi connectivity index (χ4v) is 6.30. The molecule has 3 aromatic carbocycles. The van der Waals surface area contributed by atoms with Crippen LogP contribution in [0.1, 0.15) is 38.0 Å². The second-order valence-electron chi connectivity index (χ2n) is 8.44. The Hall–Kier alpha value is -2.47. The molecule has 0 aliphatic carbocycles. The van der Waals surface area contributed by atoms with Gasteiger partial charge in [0.2, 0.25) is 9.04 Å². The van der Waals surface area contributed by atoms with Gasteiger partial charge in [0.1, 0.15) is 0 Å². The summed E-state index contributed by atoms with van der Waals surface area (Å²) in [6.45, 7) is 5.92. The summed E-state index contributed by atoms with van der Waals surface area (Å²) in [5.74, 6) is -0.414. The van der Waals surface area contributed by atoms with Gasteiger partial charge in [-0.1, -0.05) is 81.4 Å². The molecule has 3 rings (SSSR count). The van der Waals surface area contributed by atoms with Crippen molar-refractivity contribution in [3.05, 3.63) is 89.7 Å². The molecule has 1 atom stereocenters. The molecule has 0 radical (unpaired) electrons. The first-order chi connectivity index (χ1) is 14.3. The van der Waals surface area contributed by atoms with E-state index in [0.29, 0.717) is 0 Å². The lowest BCUT2D eigenvalue weighted by molar-refractivity contribution is 0.0891. The molecule has 3 aromatic rings. The van der Waals surface area contributed by atoms with Crippen molar-refractivity contribution in [2.75, 3.05) is 7.11 Å². The van der Waals surface area contributed by atoms with Crippen LogP contribution in [0.3, 0.4) is 0 Å². The summed E-state index contributed by atoms with van der Waals surface area (Å²) in [7, 11) is -0.604. The van der Waals surface area contributed by atoms with Crippen molar-refractivity contribution in [3.8, 4) is 5.75 Å². The first-order valence-corrected chi connectivity index (χ1v) is 11.7. The molecule has 1 N–H and O–H groups in total. The highest BCUT2D eigenvalue weighted by molar-refractivity contribution is 6.80. The minimum Gasteiger partial charge on any atom is -0.494 e. The number of ether oxygens (including phenoxy) is 1. The number of aliphatic hydroxyl groups is 1. The van der Waals surface area contributed by atoms with E-state index in [1.807, 2.05) is 36.4 Å². The van der Waals surface area contributed by atoms with E-state index in [0.717, 1.165) is 5.56 Å². The van der Waals surface area contributed by atoms with Crippen molar-refractivity contribution in [3.63, 3.8) is 0 Å². The molecule has 0 bridgehead atoms. The van der Waals surface area contributed by atoms with Gasteiger partial charge >= 0.3 is 0 Å². The fraction of sp³-hybridized carbons (Fsp3) is 0.280. The van der Waals surface area contributed by atoms with Crippen LogP contribution in [-0.4, -0.2) is 21.3 Å². The zero-order chi connectivity index (χ0) is 21.7. The number of aliphatic hydroxyl groups excluding tert-OH is 1. The van der Waals surface area contributed by atoms with Gasteiger partial charge in [-0.3, -0.25) is 0 Å². The van der Waals surface area contributed by atoms with Gasteiger partial charge in [0.05, 0.1) is 19.8 Å². The Bertz CT molecular complexity index is 891. The van der Waals surface area contributed by atoms with Gasteiger partial charge in [-0.15, -0.1) is 0 Å². The molecular weight excluding hydrogens is 395 g/mol. The van der Waals surface area contributed by atoms with Gasteiger partial charge in [-0.05, 0) is 33.5 Å². The number of benzene rings is 3. The van der Waals surface area contributed by atoms with Gasteiger partial charge in [-0.2, -0.15) is 0 Å². The molecule has 0 saturated carbocycles. The fourth-order valence-electron chi connectivity index (χ4n) is 3.62. The molecule has 158 valence electrons. The van der Waals surface area contributed by atoms with Gasteiger partial charge in [0, 0.05) is 5.56 Å². The summed E-state index contributed by atoms with van der Waals surface area (Å²) < 4.78 is 26.6. The SMILES string of the molecule is COc1cc(C(O[SiH](c2ccccc2)c2ccccc2)C(C)(C)C)cc(CO)c1F. The topological polar surface area (TPSA) is 38.7 Å². The number of rotatable bonds is 7. The Balaban J connectivity index is 2.10. The Labute approximate surface area is 179 Å². The van der Waals surface area contributed by atoms with Gasteiger partial charge in [-0.25, -0.2) is 4.39 Å². The van der Waals surface area contributed by atoms with Crippen LogP contribution in [0.5, 0.6) is 5.75 Å². The molecule has 0 saturated heterocycles. The standard InChI is InChI=1S/C25H29FO3Si/c1-25(2,3)24(18-15-19(17-27)23(26)22(16-18)28-4)29-30(20-11-7-5-8-12-20)21-13-9-6-10-14-21/h5-16,24,27,30H,17H2,1-4H3. The number of hydrogen-bond acceptors (Lipinski definition) is 3. The zero-order valence-corrected chi connectivity index (χ0v) is 19.1. The average Bonchev–Trinajstić information content (AvgIpc) is 2.75. The molecular formula is C25H29FO3Si. The first kappa shape index (κ1) is 22.2. The quantitative estimate of drug-likeness (QED) is 0.584. The Morgan fingerprint density at radius 2 is 1.47 bits per heavy atom. The minimum absolute atomic E-state index is 0.118. The van der Waals surface area contributed by atoms with Crippen LogP contribution in [0.4, 0.5) is 4.39 Å². The molecule has 0 amide bonds. The third-order valence-electron chi connectivity index (χ3n) is 5.09.